The van der Waals surface area contributed by atoms with Gasteiger partial charge in [0.1, 0.15) is 0 Å². The number of carbonyl (C=O) groups is 1. The molecule has 1 heterocycles. The Kier molecular flexibility index (Phi) is 5.76. The lowest BCUT2D eigenvalue weighted by atomic mass is 9.95. The number of carbonyl (C=O) groups excluding carboxylic acids is 1. The van der Waals surface area contributed by atoms with Crippen LogP contribution in [0.4, 0.5) is 0 Å². The molecule has 1 unspecified atom stereocenters. The van der Waals surface area contributed by atoms with Crippen molar-refractivity contribution in [1.29, 1.82) is 0 Å². The lowest BCUT2D eigenvalue weighted by molar-refractivity contribution is -0.139. The summed E-state index contributed by atoms with van der Waals surface area (Å²) in [6.45, 7) is 7.38. The molecule has 4 heteroatoms. The van der Waals surface area contributed by atoms with Crippen LogP contribution < -0.4 is 5.73 Å². The minimum Gasteiger partial charge on any atom is -0.378 e. The summed E-state index contributed by atoms with van der Waals surface area (Å²) in [6.07, 6.45) is 0.713. The summed E-state index contributed by atoms with van der Waals surface area (Å²) in [5, 5.41) is 0. The number of amides is 1. The molecule has 0 saturated carbocycles. The number of hydrogen-bond donors (Lipinski definition) is 1. The van der Waals surface area contributed by atoms with Crippen LogP contribution in [0.3, 0.4) is 0 Å². The van der Waals surface area contributed by atoms with E-state index >= 15 is 0 Å². The van der Waals surface area contributed by atoms with Gasteiger partial charge in [-0.25, -0.2) is 0 Å². The standard InChI is InChI=1S/C17H26N2O2/c1-13(2)15-5-3-14(4-6-15)11-16(12-18)17(20)19-7-9-21-10-8-19/h3-6,13,16H,7-12,18H2,1-2H3. The summed E-state index contributed by atoms with van der Waals surface area (Å²) in [6, 6.07) is 8.52. The molecule has 1 aromatic rings. The number of nitrogens with two attached hydrogens (primary N) is 1. The van der Waals surface area contributed by atoms with Gasteiger partial charge in [-0.3, -0.25) is 4.79 Å². The Morgan fingerprint density at radius 2 is 1.86 bits per heavy atom. The summed E-state index contributed by atoms with van der Waals surface area (Å²) in [5.74, 6) is 0.557. The number of nitrogens with zero attached hydrogens (tertiary/aromatic N) is 1. The molecule has 4 nitrogen and oxygen atoms in total. The van der Waals surface area contributed by atoms with Crippen LogP contribution in [-0.2, 0) is 16.0 Å². The lowest BCUT2D eigenvalue weighted by Gasteiger charge is -2.30. The van der Waals surface area contributed by atoms with E-state index in [1.807, 2.05) is 4.90 Å². The van der Waals surface area contributed by atoms with Crippen molar-refractivity contribution >= 4 is 5.91 Å². The normalized spacial score (nSPS) is 17.0. The molecule has 1 amide bonds. The Balaban J connectivity index is 1.99. The third-order valence-corrected chi connectivity index (χ3v) is 4.09. The Hall–Kier alpha value is -1.39. The molecule has 0 spiro atoms. The predicted octanol–water partition coefficient (Wildman–Crippen LogP) is 1.79. The van der Waals surface area contributed by atoms with Crippen LogP contribution in [0.15, 0.2) is 24.3 Å². The Bertz CT molecular complexity index is 450. The largest absolute Gasteiger partial charge is 0.378 e. The van der Waals surface area contributed by atoms with Gasteiger partial charge < -0.3 is 15.4 Å². The molecule has 21 heavy (non-hydrogen) atoms. The zero-order valence-corrected chi connectivity index (χ0v) is 13.0. The monoisotopic (exact) mass is 290 g/mol. The van der Waals surface area contributed by atoms with E-state index in [2.05, 4.69) is 38.1 Å². The SMILES string of the molecule is CC(C)c1ccc(CC(CN)C(=O)N2CCOCC2)cc1. The van der Waals surface area contributed by atoms with Gasteiger partial charge in [-0.05, 0) is 23.5 Å². The second kappa shape index (κ2) is 7.57. The van der Waals surface area contributed by atoms with Gasteiger partial charge in [0.25, 0.3) is 0 Å². The molecule has 0 radical (unpaired) electrons. The summed E-state index contributed by atoms with van der Waals surface area (Å²) < 4.78 is 5.29. The first-order chi connectivity index (χ1) is 10.1. The highest BCUT2D eigenvalue weighted by Gasteiger charge is 2.24. The van der Waals surface area contributed by atoms with Crippen LogP contribution in [0.5, 0.6) is 0 Å². The summed E-state index contributed by atoms with van der Waals surface area (Å²) in [5.41, 5.74) is 8.33. The summed E-state index contributed by atoms with van der Waals surface area (Å²) in [4.78, 5) is 14.4. The Morgan fingerprint density at radius 3 is 2.38 bits per heavy atom. The van der Waals surface area contributed by atoms with Gasteiger partial charge >= 0.3 is 0 Å². The molecule has 2 N–H and O–H groups in total. The fraction of sp³-hybridized carbons (Fsp3) is 0.588. The van der Waals surface area contributed by atoms with Gasteiger partial charge in [0, 0.05) is 19.6 Å². The van der Waals surface area contributed by atoms with E-state index in [0.29, 0.717) is 45.2 Å². The first kappa shape index (κ1) is 16.0. The molecule has 0 aliphatic carbocycles. The van der Waals surface area contributed by atoms with E-state index < -0.39 is 0 Å². The molecule has 1 aromatic carbocycles. The van der Waals surface area contributed by atoms with Crippen LogP contribution in [0, 0.1) is 5.92 Å². The third kappa shape index (κ3) is 4.29. The van der Waals surface area contributed by atoms with Crippen LogP contribution in [0.2, 0.25) is 0 Å². The van der Waals surface area contributed by atoms with Crippen molar-refractivity contribution in [2.45, 2.75) is 26.2 Å². The van der Waals surface area contributed by atoms with E-state index in [1.54, 1.807) is 0 Å². The van der Waals surface area contributed by atoms with Crippen molar-refractivity contribution in [3.05, 3.63) is 35.4 Å². The maximum absolute atomic E-state index is 12.5. The topological polar surface area (TPSA) is 55.6 Å². The molecule has 0 aromatic heterocycles. The second-order valence-corrected chi connectivity index (χ2v) is 5.97. The van der Waals surface area contributed by atoms with Crippen LogP contribution >= 0.6 is 0 Å². The fourth-order valence-electron chi connectivity index (χ4n) is 2.64. The van der Waals surface area contributed by atoms with Crippen molar-refractivity contribution in [3.8, 4) is 0 Å². The molecular weight excluding hydrogens is 264 g/mol. The number of ether oxygens (including phenoxy) is 1. The molecule has 1 fully saturated rings. The Labute approximate surface area is 127 Å². The number of morpholine rings is 1. The van der Waals surface area contributed by atoms with E-state index in [1.165, 1.54) is 11.1 Å². The summed E-state index contributed by atoms with van der Waals surface area (Å²) in [7, 11) is 0. The van der Waals surface area contributed by atoms with Crippen LogP contribution in [0.25, 0.3) is 0 Å². The molecule has 2 rings (SSSR count). The molecule has 1 saturated heterocycles. The van der Waals surface area contributed by atoms with Crippen molar-refractivity contribution in [1.82, 2.24) is 4.90 Å². The van der Waals surface area contributed by atoms with E-state index in [4.69, 9.17) is 10.5 Å². The van der Waals surface area contributed by atoms with E-state index in [9.17, 15) is 4.79 Å². The average molecular weight is 290 g/mol. The molecule has 1 aliphatic rings. The van der Waals surface area contributed by atoms with Crippen LogP contribution in [-0.4, -0.2) is 43.7 Å². The lowest BCUT2D eigenvalue weighted by Crippen LogP contribution is -2.45. The van der Waals surface area contributed by atoms with Crippen molar-refractivity contribution in [2.24, 2.45) is 11.7 Å². The molecule has 116 valence electrons. The van der Waals surface area contributed by atoms with Gasteiger partial charge in [0.05, 0.1) is 19.1 Å². The third-order valence-electron chi connectivity index (χ3n) is 4.09. The predicted molar refractivity (Wildman–Crippen MR) is 84.2 cm³/mol. The van der Waals surface area contributed by atoms with Crippen LogP contribution in [0.1, 0.15) is 30.9 Å². The maximum atomic E-state index is 12.5. The van der Waals surface area contributed by atoms with Gasteiger partial charge in [-0.1, -0.05) is 38.1 Å². The number of rotatable bonds is 5. The highest BCUT2D eigenvalue weighted by molar-refractivity contribution is 5.79. The smallest absolute Gasteiger partial charge is 0.227 e. The van der Waals surface area contributed by atoms with Gasteiger partial charge in [0.15, 0.2) is 0 Å². The van der Waals surface area contributed by atoms with Crippen molar-refractivity contribution in [3.63, 3.8) is 0 Å². The molecular formula is C17H26N2O2. The van der Waals surface area contributed by atoms with Gasteiger partial charge in [0.2, 0.25) is 5.91 Å². The van der Waals surface area contributed by atoms with Gasteiger partial charge in [-0.2, -0.15) is 0 Å². The zero-order chi connectivity index (χ0) is 15.2. The maximum Gasteiger partial charge on any atom is 0.227 e. The first-order valence-corrected chi connectivity index (χ1v) is 7.77. The highest BCUT2D eigenvalue weighted by atomic mass is 16.5. The number of benzene rings is 1. The van der Waals surface area contributed by atoms with E-state index in [-0.39, 0.29) is 11.8 Å². The first-order valence-electron chi connectivity index (χ1n) is 7.77. The molecule has 1 aliphatic heterocycles. The van der Waals surface area contributed by atoms with Gasteiger partial charge in [-0.15, -0.1) is 0 Å². The minimum atomic E-state index is -0.131. The fourth-order valence-corrected chi connectivity index (χ4v) is 2.64. The zero-order valence-electron chi connectivity index (χ0n) is 13.0. The second-order valence-electron chi connectivity index (χ2n) is 5.97. The number of hydrogen-bond acceptors (Lipinski definition) is 3. The van der Waals surface area contributed by atoms with Crippen molar-refractivity contribution in [2.75, 3.05) is 32.8 Å². The molecule has 0 bridgehead atoms. The van der Waals surface area contributed by atoms with Crippen molar-refractivity contribution < 1.29 is 9.53 Å². The van der Waals surface area contributed by atoms with E-state index in [0.717, 1.165) is 0 Å². The molecule has 1 atom stereocenters. The summed E-state index contributed by atoms with van der Waals surface area (Å²) >= 11 is 0. The minimum absolute atomic E-state index is 0.131. The average Bonchev–Trinajstić information content (AvgIpc) is 2.53. The quantitative estimate of drug-likeness (QED) is 0.899. The highest BCUT2D eigenvalue weighted by Crippen LogP contribution is 2.17. The Morgan fingerprint density at radius 1 is 1.24 bits per heavy atom.